The molecule has 2 N–H and O–H groups in total. The molecule has 8 heteroatoms. The van der Waals surface area contributed by atoms with E-state index in [4.69, 9.17) is 4.74 Å². The van der Waals surface area contributed by atoms with Crippen LogP contribution in [0, 0.1) is 27.1 Å². The van der Waals surface area contributed by atoms with Crippen LogP contribution in [0.5, 0.6) is 0 Å². The molecule has 29 heavy (non-hydrogen) atoms. The van der Waals surface area contributed by atoms with Gasteiger partial charge in [-0.15, -0.1) is 0 Å². The van der Waals surface area contributed by atoms with E-state index in [9.17, 15) is 19.2 Å². The number of esters is 1. The van der Waals surface area contributed by atoms with Gasteiger partial charge in [0.2, 0.25) is 5.91 Å². The normalized spacial score (nSPS) is 46.0. The molecule has 160 valence electrons. The molecule has 4 rings (SSSR count). The molecule has 5 unspecified atom stereocenters. The monoisotopic (exact) mass is 468 g/mol. The van der Waals surface area contributed by atoms with E-state index < -0.39 is 43.4 Å². The summed E-state index contributed by atoms with van der Waals surface area (Å²) in [5.74, 6) is -1.24. The van der Waals surface area contributed by atoms with Crippen LogP contribution in [-0.2, 0) is 23.9 Å². The molecule has 4 aliphatic rings. The van der Waals surface area contributed by atoms with Gasteiger partial charge in [0.25, 0.3) is 5.91 Å². The van der Waals surface area contributed by atoms with Crippen LogP contribution in [0.3, 0.4) is 0 Å². The van der Waals surface area contributed by atoms with Crippen molar-refractivity contribution < 1.29 is 23.9 Å². The minimum Gasteiger partial charge on any atom is -0.448 e. The number of fused-ring (bicyclic) bond motifs is 4. The minimum atomic E-state index is -1.30. The Morgan fingerprint density at radius 1 is 0.862 bits per heavy atom. The van der Waals surface area contributed by atoms with Crippen molar-refractivity contribution in [3.05, 3.63) is 0 Å². The Morgan fingerprint density at radius 3 is 1.86 bits per heavy atom. The number of hydrogen-bond acceptors (Lipinski definition) is 5. The average Bonchev–Trinajstić information content (AvgIpc) is 3.09. The SMILES string of the molecule is CC12CCC(C(=O)NNC(=O)C34CCC(C)(C(=O)C3Br)C4(C)C)(OC1=O)C2(C)C. The fourth-order valence-corrected chi connectivity index (χ4v) is 8.04. The third-order valence-corrected chi connectivity index (χ3v) is 11.1. The molecule has 4 bridgehead atoms. The third-order valence-electron chi connectivity index (χ3n) is 9.87. The lowest BCUT2D eigenvalue weighted by atomic mass is 9.64. The maximum Gasteiger partial charge on any atom is 0.313 e. The number of ketones is 1. The van der Waals surface area contributed by atoms with Crippen molar-refractivity contribution in [1.82, 2.24) is 10.9 Å². The fourth-order valence-electron chi connectivity index (χ4n) is 6.53. The maximum absolute atomic E-state index is 13.3. The molecular formula is C21H29BrN2O5. The molecule has 2 amide bonds. The highest BCUT2D eigenvalue weighted by molar-refractivity contribution is 9.10. The zero-order chi connectivity index (χ0) is 21.8. The lowest BCUT2D eigenvalue weighted by molar-refractivity contribution is -0.169. The van der Waals surface area contributed by atoms with E-state index in [1.54, 1.807) is 0 Å². The Bertz CT molecular complexity index is 869. The van der Waals surface area contributed by atoms with Gasteiger partial charge in [-0.3, -0.25) is 30.0 Å². The minimum absolute atomic E-state index is 0.0336. The molecule has 0 spiro atoms. The molecule has 4 fully saturated rings. The van der Waals surface area contributed by atoms with E-state index in [0.717, 1.165) is 0 Å². The van der Waals surface area contributed by atoms with Gasteiger partial charge in [0, 0.05) is 10.8 Å². The summed E-state index contributed by atoms with van der Waals surface area (Å²) in [4.78, 5) is 51.1. The molecule has 0 radical (unpaired) electrons. The predicted octanol–water partition coefficient (Wildman–Crippen LogP) is 2.41. The van der Waals surface area contributed by atoms with Crippen LogP contribution in [0.15, 0.2) is 0 Å². The molecular weight excluding hydrogens is 440 g/mol. The first kappa shape index (κ1) is 20.8. The zero-order valence-electron chi connectivity index (χ0n) is 17.8. The summed E-state index contributed by atoms with van der Waals surface area (Å²) < 4.78 is 5.57. The Balaban J connectivity index is 1.57. The first-order valence-electron chi connectivity index (χ1n) is 10.2. The number of rotatable bonds is 2. The molecule has 5 atom stereocenters. The standard InChI is InChI=1S/C21H29BrN2O5/c1-16(2)18(5)7-9-20(16,11(22)12(18)25)13(26)23-24-14(27)21-10-8-19(6,15(28)29-21)17(21,3)4/h11H,7-10H2,1-6H3,(H,23,26)(H,24,27). The number of halogens is 1. The van der Waals surface area contributed by atoms with Gasteiger partial charge in [0.1, 0.15) is 0 Å². The lowest BCUT2D eigenvalue weighted by Crippen LogP contribution is -2.61. The van der Waals surface area contributed by atoms with Crippen molar-refractivity contribution in [1.29, 1.82) is 0 Å². The summed E-state index contributed by atoms with van der Waals surface area (Å²) in [6.07, 6.45) is 2.17. The van der Waals surface area contributed by atoms with Crippen molar-refractivity contribution in [2.45, 2.75) is 77.7 Å². The van der Waals surface area contributed by atoms with E-state index in [1.807, 2.05) is 41.5 Å². The average molecular weight is 469 g/mol. The highest BCUT2D eigenvalue weighted by Crippen LogP contribution is 2.72. The number of hydrazine groups is 1. The summed E-state index contributed by atoms with van der Waals surface area (Å²) in [6.45, 7) is 11.4. The first-order valence-corrected chi connectivity index (χ1v) is 11.1. The lowest BCUT2D eigenvalue weighted by Gasteiger charge is -2.40. The largest absolute Gasteiger partial charge is 0.448 e. The van der Waals surface area contributed by atoms with Crippen molar-refractivity contribution >= 4 is 39.5 Å². The molecule has 1 aliphatic heterocycles. The molecule has 0 aromatic carbocycles. The topological polar surface area (TPSA) is 102 Å². The van der Waals surface area contributed by atoms with Crippen LogP contribution in [0.4, 0.5) is 0 Å². The second kappa shape index (κ2) is 5.42. The summed E-state index contributed by atoms with van der Waals surface area (Å²) >= 11 is 3.47. The van der Waals surface area contributed by atoms with Crippen LogP contribution >= 0.6 is 15.9 Å². The van der Waals surface area contributed by atoms with Gasteiger partial charge in [-0.05, 0) is 38.0 Å². The van der Waals surface area contributed by atoms with Crippen molar-refractivity contribution in [2.75, 3.05) is 0 Å². The van der Waals surface area contributed by atoms with E-state index in [-0.39, 0.29) is 17.7 Å². The summed E-state index contributed by atoms with van der Waals surface area (Å²) in [5, 5.41) is 0. The Kier molecular flexibility index (Phi) is 3.89. The van der Waals surface area contributed by atoms with Crippen molar-refractivity contribution in [3.8, 4) is 0 Å². The van der Waals surface area contributed by atoms with Gasteiger partial charge in [-0.2, -0.15) is 0 Å². The van der Waals surface area contributed by atoms with E-state index >= 15 is 0 Å². The number of Topliss-reactive ketones (excluding diaryl/α,β-unsaturated/α-hetero) is 1. The van der Waals surface area contributed by atoms with Gasteiger partial charge >= 0.3 is 5.97 Å². The maximum atomic E-state index is 13.3. The molecule has 1 heterocycles. The quantitative estimate of drug-likeness (QED) is 0.368. The van der Waals surface area contributed by atoms with Crippen molar-refractivity contribution in [3.63, 3.8) is 0 Å². The first-order chi connectivity index (χ1) is 13.2. The van der Waals surface area contributed by atoms with Gasteiger partial charge < -0.3 is 4.74 Å². The number of nitrogens with one attached hydrogen (secondary N) is 2. The fraction of sp³-hybridized carbons (Fsp3) is 0.810. The molecule has 1 saturated heterocycles. The number of ether oxygens (including phenoxy) is 1. The van der Waals surface area contributed by atoms with E-state index in [2.05, 4.69) is 26.8 Å². The summed E-state index contributed by atoms with van der Waals surface area (Å²) in [7, 11) is 0. The van der Waals surface area contributed by atoms with Gasteiger partial charge in [0.05, 0.1) is 15.7 Å². The zero-order valence-corrected chi connectivity index (χ0v) is 19.4. The smallest absolute Gasteiger partial charge is 0.313 e. The van der Waals surface area contributed by atoms with Crippen LogP contribution in [0.2, 0.25) is 0 Å². The third kappa shape index (κ3) is 1.87. The summed E-state index contributed by atoms with van der Waals surface area (Å²) in [5.41, 5.74) is 0.281. The second-order valence-corrected chi connectivity index (χ2v) is 11.7. The molecule has 3 aliphatic carbocycles. The number of alkyl halides is 1. The van der Waals surface area contributed by atoms with Gasteiger partial charge in [-0.1, -0.05) is 50.5 Å². The predicted molar refractivity (Wildman–Crippen MR) is 108 cm³/mol. The Labute approximate surface area is 179 Å². The number of carbonyl (C=O) groups is 4. The highest BCUT2D eigenvalue weighted by Gasteiger charge is 2.78. The van der Waals surface area contributed by atoms with E-state index in [1.165, 1.54) is 0 Å². The summed E-state index contributed by atoms with van der Waals surface area (Å²) in [6, 6.07) is 0. The Morgan fingerprint density at radius 2 is 1.41 bits per heavy atom. The van der Waals surface area contributed by atoms with E-state index in [0.29, 0.717) is 25.7 Å². The van der Waals surface area contributed by atoms with Gasteiger partial charge in [-0.25, -0.2) is 0 Å². The van der Waals surface area contributed by atoms with Crippen LogP contribution in [0.1, 0.15) is 67.2 Å². The Hall–Kier alpha value is -1.44. The van der Waals surface area contributed by atoms with Crippen LogP contribution in [-0.4, -0.2) is 34.0 Å². The highest BCUT2D eigenvalue weighted by atomic mass is 79.9. The molecule has 0 aromatic heterocycles. The van der Waals surface area contributed by atoms with Crippen LogP contribution in [0.25, 0.3) is 0 Å². The second-order valence-electron chi connectivity index (χ2n) is 10.7. The number of amides is 2. The molecule has 3 saturated carbocycles. The van der Waals surface area contributed by atoms with Gasteiger partial charge in [0.15, 0.2) is 11.4 Å². The van der Waals surface area contributed by atoms with Crippen molar-refractivity contribution in [2.24, 2.45) is 27.1 Å². The molecule has 7 nitrogen and oxygen atoms in total. The van der Waals surface area contributed by atoms with Crippen LogP contribution < -0.4 is 10.9 Å². The molecule has 0 aromatic rings. The number of hydrogen-bond donors (Lipinski definition) is 2. The number of carbonyl (C=O) groups excluding carboxylic acids is 4.